The molecule has 1 atom stereocenters. The van der Waals surface area contributed by atoms with E-state index in [1.807, 2.05) is 19.9 Å². The third-order valence-electron chi connectivity index (χ3n) is 3.46. The van der Waals surface area contributed by atoms with Crippen LogP contribution in [0.3, 0.4) is 0 Å². The molecule has 106 valence electrons. The monoisotopic (exact) mass is 294 g/mol. The van der Waals surface area contributed by atoms with Crippen molar-refractivity contribution in [2.45, 2.75) is 20.0 Å². The Labute approximate surface area is 122 Å². The Hall–Kier alpha value is -1.58. The molecule has 2 aromatic rings. The van der Waals surface area contributed by atoms with Gasteiger partial charge in [0.1, 0.15) is 17.7 Å². The lowest BCUT2D eigenvalue weighted by Gasteiger charge is -2.19. The van der Waals surface area contributed by atoms with E-state index in [-0.39, 0.29) is 5.02 Å². The quantitative estimate of drug-likeness (QED) is 0.920. The van der Waals surface area contributed by atoms with Gasteiger partial charge in [0.2, 0.25) is 0 Å². The van der Waals surface area contributed by atoms with Crippen LogP contribution in [0, 0.1) is 19.7 Å². The van der Waals surface area contributed by atoms with Crippen molar-refractivity contribution in [1.29, 1.82) is 0 Å². The second-order valence-electron chi connectivity index (χ2n) is 4.70. The van der Waals surface area contributed by atoms with E-state index < -0.39 is 11.9 Å². The normalized spacial score (nSPS) is 12.3. The van der Waals surface area contributed by atoms with Crippen molar-refractivity contribution in [3.05, 3.63) is 63.4 Å². The van der Waals surface area contributed by atoms with E-state index in [0.717, 1.165) is 11.1 Å². The Morgan fingerprint density at radius 2 is 1.80 bits per heavy atom. The number of halogens is 2. The number of aliphatic hydroxyl groups is 1. The van der Waals surface area contributed by atoms with Gasteiger partial charge >= 0.3 is 0 Å². The number of aryl methyl sites for hydroxylation is 1. The van der Waals surface area contributed by atoms with E-state index in [0.29, 0.717) is 16.9 Å². The van der Waals surface area contributed by atoms with Gasteiger partial charge in [-0.3, -0.25) is 0 Å². The molecule has 4 heteroatoms. The van der Waals surface area contributed by atoms with E-state index in [1.165, 1.54) is 18.2 Å². The molecule has 0 aliphatic heterocycles. The van der Waals surface area contributed by atoms with E-state index in [9.17, 15) is 9.50 Å². The number of methoxy groups -OCH3 is 1. The zero-order valence-corrected chi connectivity index (χ0v) is 12.3. The Bertz CT molecular complexity index is 641. The first-order valence-corrected chi connectivity index (χ1v) is 6.60. The summed E-state index contributed by atoms with van der Waals surface area (Å²) in [5.41, 5.74) is 3.10. The molecule has 0 heterocycles. The fraction of sp³-hybridized carbons (Fsp3) is 0.250. The highest BCUT2D eigenvalue weighted by Crippen LogP contribution is 2.36. The number of benzene rings is 2. The highest BCUT2D eigenvalue weighted by Gasteiger charge is 2.20. The lowest BCUT2D eigenvalue weighted by Crippen LogP contribution is -2.05. The number of aliphatic hydroxyl groups excluding tert-OH is 1. The largest absolute Gasteiger partial charge is 0.496 e. The van der Waals surface area contributed by atoms with Crippen molar-refractivity contribution in [2.24, 2.45) is 0 Å². The molecule has 2 rings (SSSR count). The molecule has 2 nitrogen and oxygen atoms in total. The van der Waals surface area contributed by atoms with Gasteiger partial charge in [0.25, 0.3) is 0 Å². The molecule has 0 aliphatic carbocycles. The van der Waals surface area contributed by atoms with Crippen LogP contribution in [0.2, 0.25) is 5.02 Å². The van der Waals surface area contributed by atoms with Crippen LogP contribution in [-0.4, -0.2) is 12.2 Å². The summed E-state index contributed by atoms with van der Waals surface area (Å²) in [6.07, 6.45) is -0.961. The lowest BCUT2D eigenvalue weighted by atomic mass is 9.96. The molecule has 0 spiro atoms. The van der Waals surface area contributed by atoms with Crippen LogP contribution in [0.15, 0.2) is 30.3 Å². The van der Waals surface area contributed by atoms with Crippen LogP contribution >= 0.6 is 11.6 Å². The molecule has 0 saturated heterocycles. The first-order valence-electron chi connectivity index (χ1n) is 6.22. The van der Waals surface area contributed by atoms with Crippen molar-refractivity contribution in [1.82, 2.24) is 0 Å². The molecule has 0 radical (unpaired) electrons. The SMILES string of the molecule is COc1c(C(O)c2ccc(F)cc2Cl)ccc(C)c1C. The first-order chi connectivity index (χ1) is 9.45. The predicted octanol–water partition coefficient (Wildman–Crippen LogP) is 4.19. The Balaban J connectivity index is 2.53. The standard InChI is InChI=1S/C16H16ClFO2/c1-9-4-6-13(16(20-3)10(9)2)15(19)12-7-5-11(18)8-14(12)17/h4-8,15,19H,1-3H3. The topological polar surface area (TPSA) is 29.5 Å². The lowest BCUT2D eigenvalue weighted by molar-refractivity contribution is 0.214. The molecule has 0 bridgehead atoms. The van der Waals surface area contributed by atoms with E-state index in [2.05, 4.69) is 0 Å². The van der Waals surface area contributed by atoms with Gasteiger partial charge in [-0.2, -0.15) is 0 Å². The summed E-state index contributed by atoms with van der Waals surface area (Å²) in [6, 6.07) is 7.65. The Morgan fingerprint density at radius 1 is 1.15 bits per heavy atom. The third kappa shape index (κ3) is 2.65. The molecule has 2 aromatic carbocycles. The zero-order valence-electron chi connectivity index (χ0n) is 11.6. The molecule has 20 heavy (non-hydrogen) atoms. The summed E-state index contributed by atoms with van der Waals surface area (Å²) in [6.45, 7) is 3.90. The predicted molar refractivity (Wildman–Crippen MR) is 77.9 cm³/mol. The molecular weight excluding hydrogens is 279 g/mol. The average molecular weight is 295 g/mol. The molecule has 0 saturated carbocycles. The molecular formula is C16H16ClFO2. The highest BCUT2D eigenvalue weighted by molar-refractivity contribution is 6.31. The summed E-state index contributed by atoms with van der Waals surface area (Å²) < 4.78 is 18.5. The van der Waals surface area contributed by atoms with Gasteiger partial charge in [-0.05, 0) is 37.1 Å². The minimum absolute atomic E-state index is 0.192. The summed E-state index contributed by atoms with van der Waals surface area (Å²) in [5.74, 6) is 0.191. The Kier molecular flexibility index (Phi) is 4.31. The highest BCUT2D eigenvalue weighted by atomic mass is 35.5. The molecule has 0 aromatic heterocycles. The van der Waals surface area contributed by atoms with Gasteiger partial charge in [0, 0.05) is 16.1 Å². The summed E-state index contributed by atoms with van der Waals surface area (Å²) in [7, 11) is 1.56. The van der Waals surface area contributed by atoms with Crippen LogP contribution in [0.1, 0.15) is 28.4 Å². The average Bonchev–Trinajstić information content (AvgIpc) is 2.41. The van der Waals surface area contributed by atoms with Gasteiger partial charge in [-0.15, -0.1) is 0 Å². The van der Waals surface area contributed by atoms with Crippen LogP contribution in [0.25, 0.3) is 0 Å². The minimum Gasteiger partial charge on any atom is -0.496 e. The third-order valence-corrected chi connectivity index (χ3v) is 3.79. The molecule has 0 fully saturated rings. The smallest absolute Gasteiger partial charge is 0.128 e. The van der Waals surface area contributed by atoms with E-state index in [4.69, 9.17) is 16.3 Å². The number of hydrogen-bond donors (Lipinski definition) is 1. The fourth-order valence-electron chi connectivity index (χ4n) is 2.19. The van der Waals surface area contributed by atoms with Gasteiger partial charge in [-0.25, -0.2) is 4.39 Å². The van der Waals surface area contributed by atoms with Crippen LogP contribution in [-0.2, 0) is 0 Å². The maximum absolute atomic E-state index is 13.1. The number of rotatable bonds is 3. The van der Waals surface area contributed by atoms with Gasteiger partial charge in [0.05, 0.1) is 7.11 Å². The summed E-state index contributed by atoms with van der Waals surface area (Å²) in [5, 5.41) is 10.7. The molecule has 1 unspecified atom stereocenters. The van der Waals surface area contributed by atoms with Gasteiger partial charge < -0.3 is 9.84 Å². The van der Waals surface area contributed by atoms with E-state index in [1.54, 1.807) is 13.2 Å². The minimum atomic E-state index is -0.961. The van der Waals surface area contributed by atoms with Crippen LogP contribution in [0.4, 0.5) is 4.39 Å². The van der Waals surface area contributed by atoms with Crippen LogP contribution in [0.5, 0.6) is 5.75 Å². The van der Waals surface area contributed by atoms with E-state index >= 15 is 0 Å². The van der Waals surface area contributed by atoms with Crippen molar-refractivity contribution < 1.29 is 14.2 Å². The van der Waals surface area contributed by atoms with Crippen molar-refractivity contribution in [3.63, 3.8) is 0 Å². The molecule has 1 N–H and O–H groups in total. The van der Waals surface area contributed by atoms with Crippen molar-refractivity contribution in [2.75, 3.05) is 7.11 Å². The number of ether oxygens (including phenoxy) is 1. The fourth-order valence-corrected chi connectivity index (χ4v) is 2.46. The number of hydrogen-bond acceptors (Lipinski definition) is 2. The first kappa shape index (κ1) is 14.8. The van der Waals surface area contributed by atoms with Gasteiger partial charge in [0.15, 0.2) is 0 Å². The van der Waals surface area contributed by atoms with Gasteiger partial charge in [-0.1, -0.05) is 29.8 Å². The van der Waals surface area contributed by atoms with Crippen LogP contribution < -0.4 is 4.74 Å². The Morgan fingerprint density at radius 3 is 2.40 bits per heavy atom. The maximum atomic E-state index is 13.1. The second-order valence-corrected chi connectivity index (χ2v) is 5.11. The maximum Gasteiger partial charge on any atom is 0.128 e. The molecule has 0 amide bonds. The zero-order chi connectivity index (χ0) is 14.9. The second kappa shape index (κ2) is 5.81. The van der Waals surface area contributed by atoms with Crippen molar-refractivity contribution >= 4 is 11.6 Å². The molecule has 0 aliphatic rings. The van der Waals surface area contributed by atoms with Crippen molar-refractivity contribution in [3.8, 4) is 5.75 Å². The summed E-state index contributed by atoms with van der Waals surface area (Å²) in [4.78, 5) is 0. The summed E-state index contributed by atoms with van der Waals surface area (Å²) >= 11 is 6.00.